The van der Waals surface area contributed by atoms with E-state index in [0.29, 0.717) is 18.8 Å². The number of hydrogen-bond acceptors (Lipinski definition) is 4. The minimum Gasteiger partial charge on any atom is -0.320 e. The van der Waals surface area contributed by atoms with Crippen LogP contribution in [-0.2, 0) is 9.84 Å². The van der Waals surface area contributed by atoms with Crippen molar-refractivity contribution in [3.05, 3.63) is 0 Å². The zero-order valence-electron chi connectivity index (χ0n) is 8.04. The Labute approximate surface area is 80.0 Å². The largest absolute Gasteiger partial charge is 0.320 e. The molecule has 4 nitrogen and oxygen atoms in total. The number of sulfone groups is 1. The van der Waals surface area contributed by atoms with Gasteiger partial charge in [-0.15, -0.1) is 0 Å². The molecule has 1 aliphatic heterocycles. The van der Waals surface area contributed by atoms with Crippen molar-refractivity contribution in [1.29, 1.82) is 0 Å². The number of hydrogen-bond donors (Lipinski definition) is 2. The number of nitrogens with one attached hydrogen (secondary N) is 2. The van der Waals surface area contributed by atoms with Crippen LogP contribution in [-0.4, -0.2) is 46.1 Å². The highest BCUT2D eigenvalue weighted by atomic mass is 32.2. The van der Waals surface area contributed by atoms with E-state index in [-0.39, 0.29) is 5.25 Å². The summed E-state index contributed by atoms with van der Waals surface area (Å²) in [6.07, 6.45) is 1.71. The Morgan fingerprint density at radius 3 is 2.92 bits per heavy atom. The van der Waals surface area contributed by atoms with Crippen LogP contribution in [0.4, 0.5) is 0 Å². The van der Waals surface area contributed by atoms with Crippen LogP contribution in [0.15, 0.2) is 0 Å². The average molecular weight is 206 g/mol. The molecule has 0 bridgehead atoms. The molecule has 0 saturated carbocycles. The van der Waals surface area contributed by atoms with Gasteiger partial charge in [-0.05, 0) is 26.4 Å². The molecule has 78 valence electrons. The Morgan fingerprint density at radius 1 is 1.54 bits per heavy atom. The third kappa shape index (κ3) is 3.25. The molecule has 1 unspecified atom stereocenters. The first-order chi connectivity index (χ1) is 6.17. The highest BCUT2D eigenvalue weighted by Crippen LogP contribution is 2.11. The third-order valence-corrected chi connectivity index (χ3v) is 4.59. The molecule has 2 N–H and O–H groups in total. The summed E-state index contributed by atoms with van der Waals surface area (Å²) in [6.45, 7) is 2.14. The standard InChI is InChI=1S/C8H18N2O2S/c1-9-4-2-3-8-7-10-5-6-13(8,11)12/h8-10H,2-7H2,1H3. The van der Waals surface area contributed by atoms with E-state index in [1.807, 2.05) is 7.05 Å². The molecule has 0 amide bonds. The minimum absolute atomic E-state index is 0.158. The van der Waals surface area contributed by atoms with Crippen molar-refractivity contribution in [3.8, 4) is 0 Å². The molecule has 13 heavy (non-hydrogen) atoms. The van der Waals surface area contributed by atoms with Gasteiger partial charge in [-0.1, -0.05) is 0 Å². The molecular weight excluding hydrogens is 188 g/mol. The molecule has 1 atom stereocenters. The molecule has 0 aromatic carbocycles. The molecule has 1 heterocycles. The lowest BCUT2D eigenvalue weighted by molar-refractivity contribution is 0.523. The van der Waals surface area contributed by atoms with Crippen LogP contribution in [0, 0.1) is 0 Å². The van der Waals surface area contributed by atoms with Gasteiger partial charge in [0.25, 0.3) is 0 Å². The SMILES string of the molecule is CNCCCC1CNCCS1(=O)=O. The van der Waals surface area contributed by atoms with E-state index in [1.54, 1.807) is 0 Å². The fourth-order valence-corrected chi connectivity index (χ4v) is 3.22. The smallest absolute Gasteiger partial charge is 0.155 e. The van der Waals surface area contributed by atoms with Gasteiger partial charge in [0.2, 0.25) is 0 Å². The third-order valence-electron chi connectivity index (χ3n) is 2.40. The fraction of sp³-hybridized carbons (Fsp3) is 1.00. The van der Waals surface area contributed by atoms with Crippen molar-refractivity contribution >= 4 is 9.84 Å². The van der Waals surface area contributed by atoms with Gasteiger partial charge in [0.15, 0.2) is 9.84 Å². The zero-order chi connectivity index (χ0) is 9.73. The maximum absolute atomic E-state index is 11.5. The van der Waals surface area contributed by atoms with Crippen molar-refractivity contribution in [2.24, 2.45) is 0 Å². The van der Waals surface area contributed by atoms with Crippen molar-refractivity contribution in [3.63, 3.8) is 0 Å². The lowest BCUT2D eigenvalue weighted by Crippen LogP contribution is -2.44. The van der Waals surface area contributed by atoms with E-state index in [1.165, 1.54) is 0 Å². The van der Waals surface area contributed by atoms with Crippen molar-refractivity contribution < 1.29 is 8.42 Å². The Kier molecular flexibility index (Phi) is 4.15. The van der Waals surface area contributed by atoms with Gasteiger partial charge in [-0.2, -0.15) is 0 Å². The van der Waals surface area contributed by atoms with Gasteiger partial charge in [0.05, 0.1) is 11.0 Å². The Balaban J connectivity index is 2.38. The minimum atomic E-state index is -2.79. The first-order valence-corrected chi connectivity index (χ1v) is 6.45. The summed E-state index contributed by atoms with van der Waals surface area (Å²) in [7, 11) is -0.912. The monoisotopic (exact) mass is 206 g/mol. The quantitative estimate of drug-likeness (QED) is 0.602. The first-order valence-electron chi connectivity index (χ1n) is 4.73. The summed E-state index contributed by atoms with van der Waals surface area (Å²) in [5.74, 6) is 0.303. The zero-order valence-corrected chi connectivity index (χ0v) is 8.86. The Bertz CT molecular complexity index is 239. The van der Waals surface area contributed by atoms with Crippen molar-refractivity contribution in [1.82, 2.24) is 10.6 Å². The lowest BCUT2D eigenvalue weighted by Gasteiger charge is -2.22. The van der Waals surface area contributed by atoms with Crippen LogP contribution >= 0.6 is 0 Å². The van der Waals surface area contributed by atoms with Gasteiger partial charge in [-0.25, -0.2) is 8.42 Å². The van der Waals surface area contributed by atoms with Crippen LogP contribution in [0.1, 0.15) is 12.8 Å². The van der Waals surface area contributed by atoms with Crippen LogP contribution in [0.3, 0.4) is 0 Å². The number of rotatable bonds is 4. The predicted molar refractivity (Wildman–Crippen MR) is 53.6 cm³/mol. The summed E-state index contributed by atoms with van der Waals surface area (Å²) in [5, 5.41) is 5.98. The Morgan fingerprint density at radius 2 is 2.31 bits per heavy atom. The van der Waals surface area contributed by atoms with Gasteiger partial charge in [-0.3, -0.25) is 0 Å². The second kappa shape index (κ2) is 4.93. The van der Waals surface area contributed by atoms with E-state index in [0.717, 1.165) is 19.4 Å². The van der Waals surface area contributed by atoms with Gasteiger partial charge in [0, 0.05) is 13.1 Å². The highest BCUT2D eigenvalue weighted by Gasteiger charge is 2.27. The summed E-state index contributed by atoms with van der Waals surface area (Å²) in [5.41, 5.74) is 0. The summed E-state index contributed by atoms with van der Waals surface area (Å²) < 4.78 is 23.0. The van der Waals surface area contributed by atoms with Crippen LogP contribution in [0.5, 0.6) is 0 Å². The molecule has 1 aliphatic rings. The second-order valence-electron chi connectivity index (χ2n) is 3.44. The molecular formula is C8H18N2O2S. The van der Waals surface area contributed by atoms with E-state index in [2.05, 4.69) is 10.6 Å². The topological polar surface area (TPSA) is 58.2 Å². The van der Waals surface area contributed by atoms with Crippen LogP contribution in [0.2, 0.25) is 0 Å². The molecule has 0 aromatic heterocycles. The van der Waals surface area contributed by atoms with Gasteiger partial charge < -0.3 is 10.6 Å². The predicted octanol–water partition coefficient (Wildman–Crippen LogP) is -0.627. The first kappa shape index (κ1) is 10.9. The molecule has 0 aromatic rings. The summed E-state index contributed by atoms with van der Waals surface area (Å²) in [4.78, 5) is 0. The summed E-state index contributed by atoms with van der Waals surface area (Å²) >= 11 is 0. The van der Waals surface area contributed by atoms with Gasteiger partial charge in [0.1, 0.15) is 0 Å². The second-order valence-corrected chi connectivity index (χ2v) is 5.84. The molecule has 1 rings (SSSR count). The Hall–Kier alpha value is -0.130. The normalized spacial score (nSPS) is 27.3. The molecule has 5 heteroatoms. The maximum atomic E-state index is 11.5. The molecule has 0 aliphatic carbocycles. The van der Waals surface area contributed by atoms with E-state index >= 15 is 0 Å². The van der Waals surface area contributed by atoms with E-state index in [9.17, 15) is 8.42 Å². The molecule has 0 spiro atoms. The van der Waals surface area contributed by atoms with E-state index in [4.69, 9.17) is 0 Å². The van der Waals surface area contributed by atoms with Crippen molar-refractivity contribution in [2.75, 3.05) is 32.4 Å². The molecule has 1 fully saturated rings. The van der Waals surface area contributed by atoms with Crippen LogP contribution < -0.4 is 10.6 Å². The average Bonchev–Trinajstić information content (AvgIpc) is 2.08. The lowest BCUT2D eigenvalue weighted by atomic mass is 10.2. The summed E-state index contributed by atoms with van der Waals surface area (Å²) in [6, 6.07) is 0. The van der Waals surface area contributed by atoms with Crippen LogP contribution in [0.25, 0.3) is 0 Å². The molecule has 1 saturated heterocycles. The molecule has 0 radical (unpaired) electrons. The fourth-order valence-electron chi connectivity index (χ4n) is 1.56. The van der Waals surface area contributed by atoms with Gasteiger partial charge >= 0.3 is 0 Å². The maximum Gasteiger partial charge on any atom is 0.155 e. The van der Waals surface area contributed by atoms with E-state index < -0.39 is 9.84 Å². The highest BCUT2D eigenvalue weighted by molar-refractivity contribution is 7.92. The van der Waals surface area contributed by atoms with Crippen molar-refractivity contribution in [2.45, 2.75) is 18.1 Å².